The van der Waals surface area contributed by atoms with E-state index in [1.165, 1.54) is 11.0 Å². The maximum absolute atomic E-state index is 14.9. The molecule has 0 saturated carbocycles. The van der Waals surface area contributed by atoms with Gasteiger partial charge >= 0.3 is 6.09 Å². The number of hydrogen-bond donors (Lipinski definition) is 1. The lowest BCUT2D eigenvalue weighted by Gasteiger charge is -2.31. The van der Waals surface area contributed by atoms with Crippen molar-refractivity contribution < 1.29 is 19.0 Å². The van der Waals surface area contributed by atoms with E-state index >= 15 is 0 Å². The fourth-order valence-corrected chi connectivity index (χ4v) is 4.45. The molecule has 1 atom stereocenters. The molecule has 1 N–H and O–H groups in total. The molecular formula is C20H18BrClFN3O3. The van der Waals surface area contributed by atoms with Crippen molar-refractivity contribution >= 4 is 39.3 Å². The lowest BCUT2D eigenvalue weighted by Crippen LogP contribution is -2.45. The zero-order valence-electron chi connectivity index (χ0n) is 15.5. The summed E-state index contributed by atoms with van der Waals surface area (Å²) in [5.74, 6) is -0.484. The molecule has 1 aliphatic heterocycles. The van der Waals surface area contributed by atoms with E-state index in [1.807, 2.05) is 29.7 Å². The summed E-state index contributed by atoms with van der Waals surface area (Å²) in [5.41, 5.74) is 3.06. The van der Waals surface area contributed by atoms with Gasteiger partial charge in [-0.05, 0) is 36.8 Å². The Kier molecular flexibility index (Phi) is 5.50. The third kappa shape index (κ3) is 3.97. The largest absolute Gasteiger partial charge is 0.465 e. The molecule has 1 saturated heterocycles. The molecule has 3 heterocycles. The Hall–Kier alpha value is -2.16. The Balaban J connectivity index is 1.82. The van der Waals surface area contributed by atoms with E-state index in [1.54, 1.807) is 6.07 Å². The number of fused-ring (bicyclic) bond motifs is 1. The number of amides is 1. The summed E-state index contributed by atoms with van der Waals surface area (Å²) in [6, 6.07) is 6.82. The van der Waals surface area contributed by atoms with Gasteiger partial charge in [0.15, 0.2) is 0 Å². The quantitative estimate of drug-likeness (QED) is 0.583. The van der Waals surface area contributed by atoms with Crippen LogP contribution in [0.5, 0.6) is 0 Å². The van der Waals surface area contributed by atoms with Gasteiger partial charge in [0.25, 0.3) is 0 Å². The van der Waals surface area contributed by atoms with E-state index in [-0.39, 0.29) is 23.2 Å². The van der Waals surface area contributed by atoms with E-state index < -0.39 is 11.9 Å². The molecule has 1 aliphatic rings. The summed E-state index contributed by atoms with van der Waals surface area (Å²) in [7, 11) is 0. The highest BCUT2D eigenvalue weighted by Crippen LogP contribution is 2.36. The van der Waals surface area contributed by atoms with Gasteiger partial charge in [0.1, 0.15) is 11.5 Å². The SMILES string of the molecule is Cc1ccn2c(C[C@H]3CN(C(=O)O)CCO3)c(-c3c(F)cc(Br)cc3Cl)nc2c1. The molecule has 0 radical (unpaired) electrons. The fraction of sp³-hybridized carbons (Fsp3) is 0.300. The molecule has 3 aromatic rings. The molecule has 1 fully saturated rings. The molecule has 29 heavy (non-hydrogen) atoms. The number of carboxylic acid groups (broad SMARTS) is 1. The Morgan fingerprint density at radius 1 is 1.45 bits per heavy atom. The lowest BCUT2D eigenvalue weighted by molar-refractivity contribution is -0.0214. The minimum atomic E-state index is -0.978. The number of morpholine rings is 1. The predicted molar refractivity (Wildman–Crippen MR) is 111 cm³/mol. The number of imidazole rings is 1. The van der Waals surface area contributed by atoms with Crippen LogP contribution in [-0.2, 0) is 11.2 Å². The Morgan fingerprint density at radius 3 is 2.97 bits per heavy atom. The number of aromatic nitrogens is 2. The van der Waals surface area contributed by atoms with Crippen LogP contribution in [0.25, 0.3) is 16.9 Å². The van der Waals surface area contributed by atoms with Gasteiger partial charge in [-0.15, -0.1) is 0 Å². The van der Waals surface area contributed by atoms with Crippen molar-refractivity contribution in [2.75, 3.05) is 19.7 Å². The summed E-state index contributed by atoms with van der Waals surface area (Å²) < 4.78 is 23.1. The second kappa shape index (κ2) is 7.93. The Morgan fingerprint density at radius 2 is 2.24 bits per heavy atom. The minimum absolute atomic E-state index is 0.220. The zero-order chi connectivity index (χ0) is 20.7. The van der Waals surface area contributed by atoms with Crippen molar-refractivity contribution in [1.82, 2.24) is 14.3 Å². The lowest BCUT2D eigenvalue weighted by atomic mass is 10.0. The number of carbonyl (C=O) groups is 1. The van der Waals surface area contributed by atoms with E-state index in [4.69, 9.17) is 16.3 Å². The fourth-order valence-electron chi connectivity index (χ4n) is 3.59. The second-order valence-electron chi connectivity index (χ2n) is 7.01. The predicted octanol–water partition coefficient (Wildman–Crippen LogP) is 4.79. The van der Waals surface area contributed by atoms with Gasteiger partial charge in [0, 0.05) is 23.6 Å². The number of halogens is 3. The van der Waals surface area contributed by atoms with Crippen molar-refractivity contribution in [3.05, 3.63) is 57.0 Å². The Labute approximate surface area is 180 Å². The number of ether oxygens (including phenoxy) is 1. The molecule has 0 aliphatic carbocycles. The molecule has 0 unspecified atom stereocenters. The van der Waals surface area contributed by atoms with Gasteiger partial charge in [0.05, 0.1) is 41.2 Å². The first-order chi connectivity index (χ1) is 13.8. The summed E-state index contributed by atoms with van der Waals surface area (Å²) in [4.78, 5) is 17.3. The number of benzene rings is 1. The van der Waals surface area contributed by atoms with E-state index in [2.05, 4.69) is 20.9 Å². The van der Waals surface area contributed by atoms with Gasteiger partial charge in [-0.2, -0.15) is 0 Å². The van der Waals surface area contributed by atoms with Crippen molar-refractivity contribution in [2.24, 2.45) is 0 Å². The maximum atomic E-state index is 14.9. The molecule has 152 valence electrons. The topological polar surface area (TPSA) is 67.1 Å². The highest BCUT2D eigenvalue weighted by Gasteiger charge is 2.28. The average Bonchev–Trinajstić information content (AvgIpc) is 2.98. The highest BCUT2D eigenvalue weighted by molar-refractivity contribution is 9.10. The Bertz CT molecular complexity index is 1080. The second-order valence-corrected chi connectivity index (χ2v) is 8.33. The van der Waals surface area contributed by atoms with Crippen LogP contribution in [-0.4, -0.2) is 51.3 Å². The third-order valence-electron chi connectivity index (χ3n) is 4.95. The summed E-state index contributed by atoms with van der Waals surface area (Å²) in [6.45, 7) is 2.84. The number of hydrogen-bond acceptors (Lipinski definition) is 3. The van der Waals surface area contributed by atoms with Gasteiger partial charge in [-0.1, -0.05) is 27.5 Å². The molecule has 2 aromatic heterocycles. The van der Waals surface area contributed by atoms with Crippen LogP contribution >= 0.6 is 27.5 Å². The number of rotatable bonds is 3. The smallest absolute Gasteiger partial charge is 0.407 e. The monoisotopic (exact) mass is 481 g/mol. The third-order valence-corrected chi connectivity index (χ3v) is 5.71. The highest BCUT2D eigenvalue weighted by atomic mass is 79.9. The van der Waals surface area contributed by atoms with Crippen molar-refractivity contribution in [1.29, 1.82) is 0 Å². The van der Waals surface area contributed by atoms with Crippen molar-refractivity contribution in [2.45, 2.75) is 19.4 Å². The minimum Gasteiger partial charge on any atom is -0.465 e. The van der Waals surface area contributed by atoms with E-state index in [9.17, 15) is 14.3 Å². The maximum Gasteiger partial charge on any atom is 0.407 e. The van der Waals surface area contributed by atoms with Gasteiger partial charge in [0.2, 0.25) is 0 Å². The molecule has 0 bridgehead atoms. The van der Waals surface area contributed by atoms with Gasteiger partial charge in [-0.3, -0.25) is 0 Å². The first-order valence-electron chi connectivity index (χ1n) is 9.05. The van der Waals surface area contributed by atoms with E-state index in [0.717, 1.165) is 11.3 Å². The molecule has 9 heteroatoms. The van der Waals surface area contributed by atoms with E-state index in [0.29, 0.717) is 35.4 Å². The van der Waals surface area contributed by atoms with Crippen LogP contribution in [0.3, 0.4) is 0 Å². The van der Waals surface area contributed by atoms with Crippen LogP contribution < -0.4 is 0 Å². The molecule has 6 nitrogen and oxygen atoms in total. The van der Waals surface area contributed by atoms with Crippen LogP contribution in [0.4, 0.5) is 9.18 Å². The summed E-state index contributed by atoms with van der Waals surface area (Å²) in [6.07, 6.45) is 0.903. The normalized spacial score (nSPS) is 17.1. The van der Waals surface area contributed by atoms with Crippen molar-refractivity contribution in [3.8, 4) is 11.3 Å². The molecule has 1 aromatic carbocycles. The van der Waals surface area contributed by atoms with Crippen molar-refractivity contribution in [3.63, 3.8) is 0 Å². The number of nitrogens with zero attached hydrogens (tertiary/aromatic N) is 3. The zero-order valence-corrected chi connectivity index (χ0v) is 17.9. The van der Waals surface area contributed by atoms with Crippen LogP contribution in [0.2, 0.25) is 5.02 Å². The van der Waals surface area contributed by atoms with Gasteiger partial charge < -0.3 is 19.1 Å². The van der Waals surface area contributed by atoms with Gasteiger partial charge in [-0.25, -0.2) is 14.2 Å². The number of pyridine rings is 1. The first kappa shape index (κ1) is 20.1. The van der Waals surface area contributed by atoms with Crippen LogP contribution in [0, 0.1) is 12.7 Å². The average molecular weight is 483 g/mol. The van der Waals surface area contributed by atoms with Crippen LogP contribution in [0.15, 0.2) is 34.9 Å². The van der Waals surface area contributed by atoms with Crippen LogP contribution in [0.1, 0.15) is 11.3 Å². The standard InChI is InChI=1S/C20H18BrClFN3O3/c1-11-2-3-26-16(9-13-10-25(20(27)28)4-5-29-13)19(24-17(26)6-11)18-14(22)7-12(21)8-15(18)23/h2-3,6-8,13H,4-5,9-10H2,1H3,(H,27,28)/t13-/m0/s1. The molecule has 0 spiro atoms. The number of aryl methyl sites for hydroxylation is 1. The first-order valence-corrected chi connectivity index (χ1v) is 10.2. The summed E-state index contributed by atoms with van der Waals surface area (Å²) >= 11 is 9.62. The molecular weight excluding hydrogens is 465 g/mol. The molecule has 1 amide bonds. The molecule has 4 rings (SSSR count). The summed E-state index contributed by atoms with van der Waals surface area (Å²) in [5, 5.41) is 9.54.